The average molecular weight is 232 g/mol. The molecule has 0 spiro atoms. The average Bonchev–Trinajstić information content (AvgIpc) is 1.87. The zero-order chi connectivity index (χ0) is 8.69. The molecule has 0 atom stereocenters. The lowest BCUT2D eigenvalue weighted by molar-refractivity contribution is 0.620. The smallest absolute Gasteiger partial charge is 0.198 e. The molecule has 1 aromatic carbocycles. The van der Waals surface area contributed by atoms with E-state index in [0.717, 1.165) is 5.02 Å². The van der Waals surface area contributed by atoms with Gasteiger partial charge in [0, 0.05) is 5.02 Å². The summed E-state index contributed by atoms with van der Waals surface area (Å²) in [6.07, 6.45) is 0. The highest BCUT2D eigenvalue weighted by Gasteiger charge is 1.83. The van der Waals surface area contributed by atoms with Crippen molar-refractivity contribution >= 4 is 42.6 Å². The van der Waals surface area contributed by atoms with Gasteiger partial charge < -0.3 is 4.55 Å². The van der Waals surface area contributed by atoms with Crippen molar-refractivity contribution in [3.8, 4) is 0 Å². The van der Waals surface area contributed by atoms with Gasteiger partial charge in [-0.25, -0.2) is 0 Å². The molecule has 1 nitrogen and oxygen atoms in total. The maximum absolute atomic E-state index is 9.09. The van der Waals surface area contributed by atoms with Crippen molar-refractivity contribution < 1.29 is 4.55 Å². The van der Waals surface area contributed by atoms with Crippen molar-refractivity contribution in [1.29, 1.82) is 0 Å². The molecule has 0 N–H and O–H groups in total. The summed E-state index contributed by atoms with van der Waals surface area (Å²) in [4.78, 5) is 0. The minimum absolute atomic E-state index is 0.794. The van der Waals surface area contributed by atoms with Crippen LogP contribution in [0.3, 0.4) is 0 Å². The minimum atomic E-state index is -1.67. The topological polar surface area (TPSA) is 23.1 Å². The van der Waals surface area contributed by atoms with E-state index in [1.165, 1.54) is 0 Å². The van der Waals surface area contributed by atoms with Gasteiger partial charge >= 0.3 is 0 Å². The molecule has 1 aromatic rings. The molecule has 0 saturated heterocycles. The quantitative estimate of drug-likeness (QED) is 0.628. The van der Waals surface area contributed by atoms with Crippen molar-refractivity contribution in [2.75, 3.05) is 0 Å². The first-order valence-electron chi connectivity index (χ1n) is 2.57. The highest BCUT2D eigenvalue weighted by atomic mass is 36.0. The first kappa shape index (κ1) is 11.4. The third-order valence-electron chi connectivity index (χ3n) is 0.733. The van der Waals surface area contributed by atoms with E-state index in [9.17, 15) is 0 Å². The van der Waals surface area contributed by atoms with Crippen molar-refractivity contribution in [2.45, 2.75) is 0 Å². The summed E-state index contributed by atoms with van der Waals surface area (Å²) < 4.78 is 9.09. The molecule has 0 radical (unpaired) electrons. The van der Waals surface area contributed by atoms with Crippen LogP contribution in [0.25, 0.3) is 0 Å². The molecule has 0 unspecified atom stereocenters. The highest BCUT2D eigenvalue weighted by Crippen LogP contribution is 2.03. The van der Waals surface area contributed by atoms with Crippen LogP contribution in [0, 0.1) is 0 Å². The molecule has 0 aliphatic carbocycles. The number of rotatable bonds is 0. The first-order chi connectivity index (χ1) is 5.13. The maximum atomic E-state index is 9.09. The predicted molar refractivity (Wildman–Crippen MR) is 51.3 cm³/mol. The van der Waals surface area contributed by atoms with Gasteiger partial charge in [-0.05, 0) is 12.1 Å². The second kappa shape index (κ2) is 7.07. The SMILES string of the molecule is Clc1ccccc1.[O-][S+](Cl)Cl. The standard InChI is InChI=1S/C6H5Cl.Cl2OS/c7-6-4-2-1-3-5-6;1-4(2)3/h1-5H;. The molecule has 5 heteroatoms. The Morgan fingerprint density at radius 3 is 1.64 bits per heavy atom. The molecular formula is C6H5Cl3OS. The molecule has 0 aliphatic heterocycles. The van der Waals surface area contributed by atoms with Crippen LogP contribution in [0.2, 0.25) is 5.02 Å². The summed E-state index contributed by atoms with van der Waals surface area (Å²) in [7, 11) is 7.36. The van der Waals surface area contributed by atoms with Gasteiger partial charge in [0.05, 0.1) is 0 Å². The van der Waals surface area contributed by atoms with Crippen molar-refractivity contribution in [3.05, 3.63) is 35.4 Å². The van der Waals surface area contributed by atoms with Crippen LogP contribution >= 0.6 is 33.0 Å². The van der Waals surface area contributed by atoms with E-state index in [1.54, 1.807) is 0 Å². The van der Waals surface area contributed by atoms with Crippen molar-refractivity contribution in [3.63, 3.8) is 0 Å². The summed E-state index contributed by atoms with van der Waals surface area (Å²) in [5, 5.41) is 0.794. The molecule has 0 aliphatic rings. The molecule has 0 amide bonds. The van der Waals surface area contributed by atoms with Crippen LogP contribution in [0.4, 0.5) is 0 Å². The third kappa shape index (κ3) is 10.4. The molecule has 0 aromatic heterocycles. The fourth-order valence-corrected chi connectivity index (χ4v) is 0.560. The van der Waals surface area contributed by atoms with E-state index in [0.29, 0.717) is 0 Å². The number of halogens is 3. The second-order valence-corrected chi connectivity index (χ2v) is 4.44. The van der Waals surface area contributed by atoms with Crippen molar-refractivity contribution in [2.24, 2.45) is 0 Å². The van der Waals surface area contributed by atoms with E-state index >= 15 is 0 Å². The van der Waals surface area contributed by atoms with Gasteiger partial charge in [0.1, 0.15) is 0 Å². The Kier molecular flexibility index (Phi) is 7.33. The van der Waals surface area contributed by atoms with E-state index < -0.39 is 9.60 Å². The van der Waals surface area contributed by atoms with E-state index in [-0.39, 0.29) is 0 Å². The van der Waals surface area contributed by atoms with E-state index in [2.05, 4.69) is 21.4 Å². The number of hydrogen-bond donors (Lipinski definition) is 0. The fourth-order valence-electron chi connectivity index (χ4n) is 0.415. The van der Waals surface area contributed by atoms with Gasteiger partial charge in [0.2, 0.25) is 0 Å². The van der Waals surface area contributed by atoms with Crippen LogP contribution in [0.15, 0.2) is 30.3 Å². The summed E-state index contributed by atoms with van der Waals surface area (Å²) in [5.74, 6) is 0. The molecule has 0 fully saturated rings. The van der Waals surface area contributed by atoms with Gasteiger partial charge in [-0.15, -0.1) is 0 Å². The zero-order valence-electron chi connectivity index (χ0n) is 5.34. The number of benzene rings is 1. The lowest BCUT2D eigenvalue weighted by Crippen LogP contribution is -1.63. The molecule has 0 heterocycles. The Morgan fingerprint density at radius 1 is 1.09 bits per heavy atom. The number of hydrogen-bond acceptors (Lipinski definition) is 1. The Morgan fingerprint density at radius 2 is 1.45 bits per heavy atom. The molecule has 62 valence electrons. The van der Waals surface area contributed by atoms with Crippen LogP contribution in [-0.2, 0) is 9.60 Å². The van der Waals surface area contributed by atoms with Gasteiger partial charge in [-0.3, -0.25) is 0 Å². The van der Waals surface area contributed by atoms with Gasteiger partial charge in [-0.1, -0.05) is 29.8 Å². The Balaban J connectivity index is 0.000000218. The van der Waals surface area contributed by atoms with Crippen LogP contribution < -0.4 is 0 Å². The lowest BCUT2D eigenvalue weighted by Gasteiger charge is -1.80. The largest absolute Gasteiger partial charge is 0.582 e. The maximum Gasteiger partial charge on any atom is 0.198 e. The van der Waals surface area contributed by atoms with Crippen molar-refractivity contribution in [1.82, 2.24) is 0 Å². The summed E-state index contributed by atoms with van der Waals surface area (Å²) in [6.45, 7) is 0. The minimum Gasteiger partial charge on any atom is -0.582 e. The Labute approximate surface area is 82.4 Å². The molecular weight excluding hydrogens is 226 g/mol. The van der Waals surface area contributed by atoms with Crippen LogP contribution in [0.1, 0.15) is 0 Å². The van der Waals surface area contributed by atoms with Crippen LogP contribution in [-0.4, -0.2) is 4.55 Å². The fraction of sp³-hybridized carbons (Fsp3) is 0. The van der Waals surface area contributed by atoms with Gasteiger partial charge in [0.25, 0.3) is 0 Å². The Hall–Kier alpha value is 0.400. The molecule has 11 heavy (non-hydrogen) atoms. The second-order valence-electron chi connectivity index (χ2n) is 1.48. The lowest BCUT2D eigenvalue weighted by atomic mass is 10.4. The van der Waals surface area contributed by atoms with E-state index in [1.807, 2.05) is 30.3 Å². The first-order valence-corrected chi connectivity index (χ1v) is 5.76. The van der Waals surface area contributed by atoms with Gasteiger partial charge in [0.15, 0.2) is 31.0 Å². The van der Waals surface area contributed by atoms with E-state index in [4.69, 9.17) is 16.2 Å². The summed E-state index contributed by atoms with van der Waals surface area (Å²) in [5.41, 5.74) is 0. The molecule has 0 saturated carbocycles. The normalized spacial score (nSPS) is 8.82. The molecule has 0 bridgehead atoms. The van der Waals surface area contributed by atoms with Gasteiger partial charge in [-0.2, -0.15) is 0 Å². The third-order valence-corrected chi connectivity index (χ3v) is 0.985. The van der Waals surface area contributed by atoms with Crippen LogP contribution in [0.5, 0.6) is 0 Å². The summed E-state index contributed by atoms with van der Waals surface area (Å²) in [6, 6.07) is 9.44. The summed E-state index contributed by atoms with van der Waals surface area (Å²) >= 11 is 5.54. The monoisotopic (exact) mass is 230 g/mol. The Bertz CT molecular complexity index is 178. The molecule has 1 rings (SSSR count). The highest BCUT2D eigenvalue weighted by molar-refractivity contribution is 8.31. The zero-order valence-corrected chi connectivity index (χ0v) is 8.42. The predicted octanol–water partition coefficient (Wildman–Crippen LogP) is 3.38.